The van der Waals surface area contributed by atoms with Crippen molar-refractivity contribution in [1.29, 1.82) is 0 Å². The van der Waals surface area contributed by atoms with Crippen molar-refractivity contribution in [3.8, 4) is 0 Å². The molecular weight excluding hydrogens is 230 g/mol. The number of allylic oxidation sites excluding steroid dienone is 2. The number of nitrogens with zero attached hydrogens (tertiary/aromatic N) is 1. The zero-order chi connectivity index (χ0) is 13.8. The molecule has 0 atom stereocenters. The van der Waals surface area contributed by atoms with E-state index in [0.29, 0.717) is 0 Å². The third kappa shape index (κ3) is 8.34. The van der Waals surface area contributed by atoms with Gasteiger partial charge in [0.2, 0.25) is 0 Å². The molecule has 1 rings (SSSR count). The minimum absolute atomic E-state index is 1.27. The van der Waals surface area contributed by atoms with Crippen LogP contribution in [0.3, 0.4) is 0 Å². The molecule has 0 bridgehead atoms. The molecule has 0 aromatic carbocycles. The van der Waals surface area contributed by atoms with E-state index in [1.165, 1.54) is 90.0 Å². The number of rotatable bonds is 11. The second-order valence-corrected chi connectivity index (χ2v) is 6.19. The average Bonchev–Trinajstić information content (AvgIpc) is 2.82. The molecule has 0 radical (unpaired) electrons. The van der Waals surface area contributed by atoms with Crippen LogP contribution in [0.2, 0.25) is 0 Å². The standard InChI is InChI=1S/C18H35N/c1-3-4-5-6-7-8-9-10-11-12-13-15-18-16-14-17-19(18)2/h15H,3-14,16-17H2,1-2H3. The zero-order valence-electron chi connectivity index (χ0n) is 13.4. The Kier molecular flexibility index (Phi) is 9.93. The molecule has 0 spiro atoms. The fraction of sp³-hybridized carbons (Fsp3) is 0.889. The number of hydrogen-bond donors (Lipinski definition) is 0. The van der Waals surface area contributed by atoms with Gasteiger partial charge in [-0.1, -0.05) is 70.8 Å². The molecule has 1 nitrogen and oxygen atoms in total. The molecule has 1 heterocycles. The summed E-state index contributed by atoms with van der Waals surface area (Å²) in [5, 5.41) is 0. The maximum Gasteiger partial charge on any atom is 0.0175 e. The highest BCUT2D eigenvalue weighted by molar-refractivity contribution is 5.04. The smallest absolute Gasteiger partial charge is 0.0175 e. The van der Waals surface area contributed by atoms with Crippen molar-refractivity contribution in [2.24, 2.45) is 0 Å². The summed E-state index contributed by atoms with van der Waals surface area (Å²) >= 11 is 0. The van der Waals surface area contributed by atoms with E-state index in [0.717, 1.165) is 0 Å². The van der Waals surface area contributed by atoms with Crippen LogP contribution in [0.4, 0.5) is 0 Å². The lowest BCUT2D eigenvalue weighted by atomic mass is 10.1. The highest BCUT2D eigenvalue weighted by Gasteiger charge is 2.10. The first-order valence-corrected chi connectivity index (χ1v) is 8.74. The van der Waals surface area contributed by atoms with Crippen LogP contribution in [0, 0.1) is 0 Å². The third-order valence-electron chi connectivity index (χ3n) is 4.35. The summed E-state index contributed by atoms with van der Waals surface area (Å²) in [7, 11) is 2.23. The highest BCUT2D eigenvalue weighted by Crippen LogP contribution is 2.20. The molecular formula is C18H35N. The molecule has 1 aliphatic heterocycles. The lowest BCUT2D eigenvalue weighted by Gasteiger charge is -2.12. The van der Waals surface area contributed by atoms with E-state index in [2.05, 4.69) is 24.9 Å². The predicted molar refractivity (Wildman–Crippen MR) is 86.4 cm³/mol. The Morgan fingerprint density at radius 1 is 0.895 bits per heavy atom. The molecule has 0 aliphatic carbocycles. The Hall–Kier alpha value is -0.460. The largest absolute Gasteiger partial charge is 0.378 e. The molecule has 19 heavy (non-hydrogen) atoms. The number of likely N-dealkylation sites (tertiary alicyclic amines) is 1. The van der Waals surface area contributed by atoms with Crippen molar-refractivity contribution in [2.75, 3.05) is 13.6 Å². The van der Waals surface area contributed by atoms with Crippen LogP contribution in [0.15, 0.2) is 11.8 Å². The van der Waals surface area contributed by atoms with Crippen LogP contribution in [0.1, 0.15) is 90.4 Å². The minimum atomic E-state index is 1.27. The second kappa shape index (κ2) is 11.4. The quantitative estimate of drug-likeness (QED) is 0.420. The van der Waals surface area contributed by atoms with E-state index in [-0.39, 0.29) is 0 Å². The molecule has 0 amide bonds. The molecule has 0 unspecified atom stereocenters. The average molecular weight is 265 g/mol. The fourth-order valence-corrected chi connectivity index (χ4v) is 2.99. The molecule has 0 N–H and O–H groups in total. The van der Waals surface area contributed by atoms with Crippen molar-refractivity contribution in [3.63, 3.8) is 0 Å². The zero-order valence-corrected chi connectivity index (χ0v) is 13.4. The number of unbranched alkanes of at least 4 members (excludes halogenated alkanes) is 10. The first kappa shape index (κ1) is 16.6. The Bertz CT molecular complexity index is 232. The summed E-state index contributed by atoms with van der Waals surface area (Å²) in [5.41, 5.74) is 1.59. The van der Waals surface area contributed by atoms with Crippen LogP contribution in [0.25, 0.3) is 0 Å². The van der Waals surface area contributed by atoms with Gasteiger partial charge in [-0.3, -0.25) is 0 Å². The topological polar surface area (TPSA) is 3.24 Å². The molecule has 112 valence electrons. The van der Waals surface area contributed by atoms with E-state index >= 15 is 0 Å². The van der Waals surface area contributed by atoms with Crippen molar-refractivity contribution in [1.82, 2.24) is 4.90 Å². The summed E-state index contributed by atoms with van der Waals surface area (Å²) in [6, 6.07) is 0. The number of hydrogen-bond acceptors (Lipinski definition) is 1. The maximum atomic E-state index is 2.48. The molecule has 0 saturated carbocycles. The molecule has 0 aromatic rings. The summed E-state index contributed by atoms with van der Waals surface area (Å²) in [4.78, 5) is 2.43. The Morgan fingerprint density at radius 2 is 1.47 bits per heavy atom. The van der Waals surface area contributed by atoms with Gasteiger partial charge in [0.25, 0.3) is 0 Å². The predicted octanol–water partition coefficient (Wildman–Crippen LogP) is 5.91. The van der Waals surface area contributed by atoms with Crippen LogP contribution >= 0.6 is 0 Å². The van der Waals surface area contributed by atoms with Gasteiger partial charge in [0, 0.05) is 19.3 Å². The van der Waals surface area contributed by atoms with Gasteiger partial charge in [0.15, 0.2) is 0 Å². The Labute approximate surface area is 121 Å². The van der Waals surface area contributed by atoms with Gasteiger partial charge in [-0.2, -0.15) is 0 Å². The van der Waals surface area contributed by atoms with Gasteiger partial charge >= 0.3 is 0 Å². The lowest BCUT2D eigenvalue weighted by molar-refractivity contribution is 0.477. The first-order chi connectivity index (χ1) is 9.34. The van der Waals surface area contributed by atoms with E-state index in [1.54, 1.807) is 5.70 Å². The molecule has 1 heteroatoms. The normalized spacial score (nSPS) is 17.6. The van der Waals surface area contributed by atoms with Gasteiger partial charge in [-0.05, 0) is 25.7 Å². The highest BCUT2D eigenvalue weighted by atomic mass is 15.1. The van der Waals surface area contributed by atoms with E-state index < -0.39 is 0 Å². The Balaban J connectivity index is 1.81. The summed E-state index contributed by atoms with van der Waals surface area (Å²) < 4.78 is 0. The third-order valence-corrected chi connectivity index (χ3v) is 4.35. The summed E-state index contributed by atoms with van der Waals surface area (Å²) in [6.45, 7) is 3.56. The summed E-state index contributed by atoms with van der Waals surface area (Å²) in [6.07, 6.45) is 20.9. The monoisotopic (exact) mass is 265 g/mol. The van der Waals surface area contributed by atoms with E-state index in [9.17, 15) is 0 Å². The van der Waals surface area contributed by atoms with E-state index in [4.69, 9.17) is 0 Å². The Morgan fingerprint density at radius 3 is 2.00 bits per heavy atom. The lowest BCUT2D eigenvalue weighted by Crippen LogP contribution is -2.09. The molecule has 1 aliphatic rings. The summed E-state index contributed by atoms with van der Waals surface area (Å²) in [5.74, 6) is 0. The first-order valence-electron chi connectivity index (χ1n) is 8.74. The maximum absolute atomic E-state index is 2.48. The van der Waals surface area contributed by atoms with Gasteiger partial charge in [0.05, 0.1) is 0 Å². The van der Waals surface area contributed by atoms with Gasteiger partial charge in [-0.25, -0.2) is 0 Å². The van der Waals surface area contributed by atoms with Gasteiger partial charge < -0.3 is 4.90 Å². The van der Waals surface area contributed by atoms with E-state index in [1.807, 2.05) is 0 Å². The van der Waals surface area contributed by atoms with Crippen molar-refractivity contribution in [3.05, 3.63) is 11.8 Å². The molecule has 1 fully saturated rings. The van der Waals surface area contributed by atoms with Crippen LogP contribution in [-0.4, -0.2) is 18.5 Å². The SMILES string of the molecule is CCCCCCCCCCCCC=C1CCCN1C. The van der Waals surface area contributed by atoms with Crippen molar-refractivity contribution in [2.45, 2.75) is 90.4 Å². The second-order valence-electron chi connectivity index (χ2n) is 6.19. The van der Waals surface area contributed by atoms with Crippen LogP contribution in [-0.2, 0) is 0 Å². The van der Waals surface area contributed by atoms with Crippen molar-refractivity contribution >= 4 is 0 Å². The van der Waals surface area contributed by atoms with Crippen molar-refractivity contribution < 1.29 is 0 Å². The molecule has 0 aromatic heterocycles. The molecule has 1 saturated heterocycles. The van der Waals surface area contributed by atoms with Crippen LogP contribution < -0.4 is 0 Å². The van der Waals surface area contributed by atoms with Gasteiger partial charge in [-0.15, -0.1) is 0 Å². The van der Waals surface area contributed by atoms with Crippen LogP contribution in [0.5, 0.6) is 0 Å². The fourth-order valence-electron chi connectivity index (χ4n) is 2.99. The van der Waals surface area contributed by atoms with Gasteiger partial charge in [0.1, 0.15) is 0 Å². The minimum Gasteiger partial charge on any atom is -0.378 e.